The van der Waals surface area contributed by atoms with Crippen molar-refractivity contribution in [1.29, 1.82) is 0 Å². The van der Waals surface area contributed by atoms with E-state index < -0.39 is 27.7 Å². The lowest BCUT2D eigenvalue weighted by Crippen LogP contribution is -2.46. The second-order valence-corrected chi connectivity index (χ2v) is 9.65. The number of sulfonamides is 1. The van der Waals surface area contributed by atoms with Gasteiger partial charge in [-0.15, -0.1) is 0 Å². The number of amides is 2. The number of nitrogens with one attached hydrogen (secondary N) is 2. The molecule has 1 saturated heterocycles. The van der Waals surface area contributed by atoms with E-state index in [1.165, 1.54) is 16.4 Å². The summed E-state index contributed by atoms with van der Waals surface area (Å²) in [6, 6.07) is 14.1. The van der Waals surface area contributed by atoms with Crippen LogP contribution in [-0.2, 0) is 26.0 Å². The van der Waals surface area contributed by atoms with Crippen LogP contribution in [-0.4, -0.2) is 50.2 Å². The number of hydrogen-bond donors (Lipinski definition) is 2. The molecule has 0 radical (unpaired) electrons. The number of benzene rings is 2. The molecular formula is C23H28FN3O4S. The Labute approximate surface area is 188 Å². The van der Waals surface area contributed by atoms with Crippen molar-refractivity contribution in [2.45, 2.75) is 43.0 Å². The van der Waals surface area contributed by atoms with Crippen molar-refractivity contribution in [2.24, 2.45) is 0 Å². The van der Waals surface area contributed by atoms with Gasteiger partial charge in [-0.2, -0.15) is 4.31 Å². The predicted octanol–water partition coefficient (Wildman–Crippen LogP) is 2.23. The Morgan fingerprint density at radius 3 is 2.28 bits per heavy atom. The maximum Gasteiger partial charge on any atom is 0.309 e. The first-order chi connectivity index (χ1) is 15.4. The molecule has 2 amide bonds. The third-order valence-corrected chi connectivity index (χ3v) is 7.47. The first-order valence-corrected chi connectivity index (χ1v) is 12.2. The number of nitrogens with zero attached hydrogens (tertiary/aromatic N) is 1. The lowest BCUT2D eigenvalue weighted by atomic mass is 10.0. The van der Waals surface area contributed by atoms with Crippen LogP contribution in [0.15, 0.2) is 59.5 Å². The van der Waals surface area contributed by atoms with Gasteiger partial charge in [-0.25, -0.2) is 12.8 Å². The molecule has 1 unspecified atom stereocenters. The van der Waals surface area contributed by atoms with Crippen LogP contribution >= 0.6 is 0 Å². The number of hydrogen-bond acceptors (Lipinski definition) is 4. The minimum atomic E-state index is -3.76. The fourth-order valence-electron chi connectivity index (χ4n) is 3.80. The molecule has 1 aliphatic rings. The average Bonchev–Trinajstić information content (AvgIpc) is 2.80. The van der Waals surface area contributed by atoms with E-state index in [1.54, 1.807) is 0 Å². The third kappa shape index (κ3) is 6.37. The van der Waals surface area contributed by atoms with Gasteiger partial charge in [-0.1, -0.05) is 36.8 Å². The molecule has 172 valence electrons. The molecule has 1 aliphatic heterocycles. The summed E-state index contributed by atoms with van der Waals surface area (Å²) in [5, 5.41) is 5.17. The van der Waals surface area contributed by atoms with Gasteiger partial charge >= 0.3 is 11.8 Å². The smallest absolute Gasteiger partial charge is 0.309 e. The number of carbonyl (C=O) groups is 2. The summed E-state index contributed by atoms with van der Waals surface area (Å²) >= 11 is 0. The zero-order chi connectivity index (χ0) is 23.0. The molecule has 2 aromatic rings. The summed E-state index contributed by atoms with van der Waals surface area (Å²) in [6.07, 6.45) is 3.31. The molecule has 9 heteroatoms. The predicted molar refractivity (Wildman–Crippen MR) is 119 cm³/mol. The van der Waals surface area contributed by atoms with Crippen molar-refractivity contribution >= 4 is 21.8 Å². The van der Waals surface area contributed by atoms with Crippen LogP contribution in [0.2, 0.25) is 0 Å². The number of halogens is 1. The van der Waals surface area contributed by atoms with E-state index in [9.17, 15) is 22.4 Å². The molecule has 0 aromatic heterocycles. The van der Waals surface area contributed by atoms with Crippen molar-refractivity contribution in [3.63, 3.8) is 0 Å². The average molecular weight is 462 g/mol. The lowest BCUT2D eigenvalue weighted by molar-refractivity contribution is -0.139. The van der Waals surface area contributed by atoms with Crippen LogP contribution in [0.25, 0.3) is 0 Å². The Bertz CT molecular complexity index is 1010. The largest absolute Gasteiger partial charge is 0.348 e. The quantitative estimate of drug-likeness (QED) is 0.590. The van der Waals surface area contributed by atoms with Gasteiger partial charge in [0.25, 0.3) is 0 Å². The minimum absolute atomic E-state index is 0.0487. The summed E-state index contributed by atoms with van der Waals surface area (Å²) in [5.74, 6) is -1.94. The molecule has 1 heterocycles. The monoisotopic (exact) mass is 461 g/mol. The Kier molecular flexibility index (Phi) is 8.35. The number of rotatable bonds is 8. The molecule has 3 rings (SSSR count). The molecule has 0 spiro atoms. The highest BCUT2D eigenvalue weighted by Gasteiger charge is 2.33. The Hall–Kier alpha value is -2.78. The van der Waals surface area contributed by atoms with E-state index in [-0.39, 0.29) is 17.5 Å². The summed E-state index contributed by atoms with van der Waals surface area (Å²) in [7, 11) is -3.76. The lowest BCUT2D eigenvalue weighted by Gasteiger charge is -2.34. The van der Waals surface area contributed by atoms with Gasteiger partial charge in [0, 0.05) is 25.7 Å². The van der Waals surface area contributed by atoms with Crippen LogP contribution in [0.3, 0.4) is 0 Å². The van der Waals surface area contributed by atoms with Crippen LogP contribution in [0, 0.1) is 5.82 Å². The highest BCUT2D eigenvalue weighted by molar-refractivity contribution is 7.89. The highest BCUT2D eigenvalue weighted by Crippen LogP contribution is 2.27. The summed E-state index contributed by atoms with van der Waals surface area (Å²) < 4.78 is 40.6. The summed E-state index contributed by atoms with van der Waals surface area (Å²) in [4.78, 5) is 24.1. The van der Waals surface area contributed by atoms with Crippen molar-refractivity contribution in [1.82, 2.24) is 14.9 Å². The Morgan fingerprint density at radius 1 is 0.938 bits per heavy atom. The maximum absolute atomic E-state index is 13.2. The number of piperidine rings is 1. The van der Waals surface area contributed by atoms with Gasteiger partial charge in [0.1, 0.15) is 5.82 Å². The summed E-state index contributed by atoms with van der Waals surface area (Å²) in [5.41, 5.74) is 1.06. The molecule has 0 saturated carbocycles. The van der Waals surface area contributed by atoms with Gasteiger partial charge in [-0.3, -0.25) is 9.59 Å². The second kappa shape index (κ2) is 11.2. The maximum atomic E-state index is 13.2. The van der Waals surface area contributed by atoms with Gasteiger partial charge in [-0.05, 0) is 55.5 Å². The van der Waals surface area contributed by atoms with Crippen LogP contribution in [0.1, 0.15) is 31.2 Å². The molecule has 1 atom stereocenters. The SMILES string of the molecule is O=C(NCCc1ccccc1)C(=O)NCCC1CCCCN1S(=O)(=O)c1ccc(F)cc1. The summed E-state index contributed by atoms with van der Waals surface area (Å²) in [6.45, 7) is 0.909. The molecule has 2 aromatic carbocycles. The Balaban J connectivity index is 1.48. The highest BCUT2D eigenvalue weighted by atomic mass is 32.2. The molecule has 1 fully saturated rings. The molecule has 2 N–H and O–H groups in total. The van der Waals surface area contributed by atoms with Crippen LogP contribution in [0.4, 0.5) is 4.39 Å². The first kappa shape index (κ1) is 23.9. The molecule has 0 bridgehead atoms. The van der Waals surface area contributed by atoms with E-state index in [4.69, 9.17) is 0 Å². The standard InChI is InChI=1S/C23H28FN3O4S/c24-19-9-11-21(12-10-19)32(30,31)27-17-5-4-8-20(27)14-16-26-23(29)22(28)25-15-13-18-6-2-1-3-7-18/h1-3,6-7,9-12,20H,4-5,8,13-17H2,(H,25,28)(H,26,29). The van der Waals surface area contributed by atoms with E-state index in [1.807, 2.05) is 30.3 Å². The molecule has 0 aliphatic carbocycles. The van der Waals surface area contributed by atoms with Gasteiger partial charge < -0.3 is 10.6 Å². The van der Waals surface area contributed by atoms with E-state index in [0.29, 0.717) is 32.4 Å². The van der Waals surface area contributed by atoms with Crippen molar-refractivity contribution in [3.05, 3.63) is 66.0 Å². The van der Waals surface area contributed by atoms with E-state index >= 15 is 0 Å². The first-order valence-electron chi connectivity index (χ1n) is 10.8. The van der Waals surface area contributed by atoms with Crippen LogP contribution in [0.5, 0.6) is 0 Å². The van der Waals surface area contributed by atoms with E-state index in [2.05, 4.69) is 10.6 Å². The normalized spacial score (nSPS) is 17.0. The second-order valence-electron chi connectivity index (χ2n) is 7.76. The van der Waals surface area contributed by atoms with Crippen molar-refractivity contribution < 1.29 is 22.4 Å². The van der Waals surface area contributed by atoms with Gasteiger partial charge in [0.2, 0.25) is 10.0 Å². The fourth-order valence-corrected chi connectivity index (χ4v) is 5.52. The Morgan fingerprint density at radius 2 is 1.59 bits per heavy atom. The minimum Gasteiger partial charge on any atom is -0.348 e. The fraction of sp³-hybridized carbons (Fsp3) is 0.391. The zero-order valence-corrected chi connectivity index (χ0v) is 18.6. The molecule has 7 nitrogen and oxygen atoms in total. The topological polar surface area (TPSA) is 95.6 Å². The number of carbonyl (C=O) groups excluding carboxylic acids is 2. The van der Waals surface area contributed by atoms with Gasteiger partial charge in [0.15, 0.2) is 0 Å². The van der Waals surface area contributed by atoms with Gasteiger partial charge in [0.05, 0.1) is 4.90 Å². The van der Waals surface area contributed by atoms with Crippen molar-refractivity contribution in [2.75, 3.05) is 19.6 Å². The van der Waals surface area contributed by atoms with Crippen molar-refractivity contribution in [3.8, 4) is 0 Å². The van der Waals surface area contributed by atoms with E-state index in [0.717, 1.165) is 30.5 Å². The zero-order valence-electron chi connectivity index (χ0n) is 17.8. The molecule has 32 heavy (non-hydrogen) atoms. The molecular weight excluding hydrogens is 433 g/mol. The van der Waals surface area contributed by atoms with Crippen LogP contribution < -0.4 is 10.6 Å². The third-order valence-electron chi connectivity index (χ3n) is 5.50.